The van der Waals surface area contributed by atoms with Gasteiger partial charge in [0.25, 0.3) is 0 Å². The molecule has 118 valence electrons. The van der Waals surface area contributed by atoms with Crippen LogP contribution in [-0.2, 0) is 13.1 Å². The van der Waals surface area contributed by atoms with Crippen LogP contribution in [0.15, 0.2) is 42.7 Å². The third-order valence-electron chi connectivity index (χ3n) is 4.60. The fourth-order valence-corrected chi connectivity index (χ4v) is 3.51. The minimum Gasteiger partial charge on any atom is -0.313 e. The van der Waals surface area contributed by atoms with Crippen molar-refractivity contribution < 1.29 is 0 Å². The topological polar surface area (TPSA) is 46.8 Å². The molecule has 0 unspecified atom stereocenters. The van der Waals surface area contributed by atoms with Gasteiger partial charge in [0.2, 0.25) is 0 Å². The quantitative estimate of drug-likeness (QED) is 0.743. The molecule has 4 rings (SSSR count). The molecule has 1 atom stereocenters. The highest BCUT2D eigenvalue weighted by atomic mass is 15.2. The van der Waals surface area contributed by atoms with Crippen LogP contribution in [0.5, 0.6) is 0 Å². The Bertz CT molecular complexity index is 796. The second-order valence-electron chi connectivity index (χ2n) is 6.10. The molecular formula is C18H21N5. The normalized spacial score (nSPS) is 18.7. The average molecular weight is 307 g/mol. The number of imidazole rings is 1. The lowest BCUT2D eigenvalue weighted by Gasteiger charge is -2.16. The van der Waals surface area contributed by atoms with E-state index in [0.717, 1.165) is 49.5 Å². The molecule has 0 saturated carbocycles. The van der Waals surface area contributed by atoms with Gasteiger partial charge in [-0.2, -0.15) is 0 Å². The Hall–Kier alpha value is -2.27. The van der Waals surface area contributed by atoms with Gasteiger partial charge < -0.3 is 4.57 Å². The first-order chi connectivity index (χ1) is 11.3. The zero-order valence-corrected chi connectivity index (χ0v) is 13.4. The Morgan fingerprint density at radius 1 is 1.13 bits per heavy atom. The van der Waals surface area contributed by atoms with E-state index >= 15 is 0 Å². The van der Waals surface area contributed by atoms with E-state index in [4.69, 9.17) is 4.98 Å². The number of fused-ring (bicyclic) bond motifs is 1. The molecule has 1 saturated heterocycles. The zero-order chi connectivity index (χ0) is 15.6. The molecule has 5 heteroatoms. The van der Waals surface area contributed by atoms with E-state index in [1.54, 1.807) is 0 Å². The first-order valence-corrected chi connectivity index (χ1v) is 8.28. The molecule has 23 heavy (non-hydrogen) atoms. The molecule has 1 aliphatic heterocycles. The summed E-state index contributed by atoms with van der Waals surface area (Å²) in [6, 6.07) is 10.1. The Kier molecular flexibility index (Phi) is 3.79. The molecule has 0 spiro atoms. The van der Waals surface area contributed by atoms with Crippen molar-refractivity contribution in [1.82, 2.24) is 24.4 Å². The minimum atomic E-state index is 0.480. The molecule has 0 radical (unpaired) electrons. The standard InChI is InChI=1S/C18H21N5/c1-2-23-17(21-16-7-5-10-20-18(16)23)14-8-11-22(12-14)13-15-6-3-4-9-19-15/h3-7,9-10,14H,2,8,11-13H2,1H3/t14-/m0/s1. The summed E-state index contributed by atoms with van der Waals surface area (Å²) in [7, 11) is 0. The first-order valence-electron chi connectivity index (χ1n) is 8.28. The molecule has 0 N–H and O–H groups in total. The van der Waals surface area contributed by atoms with Crippen molar-refractivity contribution in [2.45, 2.75) is 32.4 Å². The molecular weight excluding hydrogens is 286 g/mol. The summed E-state index contributed by atoms with van der Waals surface area (Å²) in [6.07, 6.45) is 4.86. The van der Waals surface area contributed by atoms with Gasteiger partial charge in [-0.1, -0.05) is 6.07 Å². The maximum absolute atomic E-state index is 4.87. The van der Waals surface area contributed by atoms with Gasteiger partial charge in [-0.3, -0.25) is 9.88 Å². The summed E-state index contributed by atoms with van der Waals surface area (Å²) in [5, 5.41) is 0. The van der Waals surface area contributed by atoms with Gasteiger partial charge >= 0.3 is 0 Å². The molecule has 0 aromatic carbocycles. The summed E-state index contributed by atoms with van der Waals surface area (Å²) in [5.74, 6) is 1.66. The van der Waals surface area contributed by atoms with Crippen molar-refractivity contribution in [2.75, 3.05) is 13.1 Å². The van der Waals surface area contributed by atoms with Gasteiger partial charge in [0.15, 0.2) is 5.65 Å². The van der Waals surface area contributed by atoms with E-state index in [2.05, 4.69) is 44.6 Å². The number of hydrogen-bond acceptors (Lipinski definition) is 4. The monoisotopic (exact) mass is 307 g/mol. The molecule has 1 fully saturated rings. The van der Waals surface area contributed by atoms with Gasteiger partial charge in [-0.25, -0.2) is 9.97 Å². The summed E-state index contributed by atoms with van der Waals surface area (Å²) < 4.78 is 2.27. The SMILES string of the molecule is CCn1c([C@H]2CCN(Cc3ccccn3)C2)nc2cccnc21. The maximum Gasteiger partial charge on any atom is 0.159 e. The number of likely N-dealkylation sites (tertiary alicyclic amines) is 1. The molecule has 4 heterocycles. The van der Waals surface area contributed by atoms with Crippen LogP contribution in [0, 0.1) is 0 Å². The van der Waals surface area contributed by atoms with Crippen molar-refractivity contribution >= 4 is 11.2 Å². The van der Waals surface area contributed by atoms with Crippen molar-refractivity contribution in [2.24, 2.45) is 0 Å². The van der Waals surface area contributed by atoms with E-state index in [9.17, 15) is 0 Å². The Labute approximate surface area is 136 Å². The second kappa shape index (κ2) is 6.08. The third-order valence-corrected chi connectivity index (χ3v) is 4.60. The fourth-order valence-electron chi connectivity index (χ4n) is 3.51. The molecule has 3 aromatic rings. The number of hydrogen-bond donors (Lipinski definition) is 0. The van der Waals surface area contributed by atoms with Crippen molar-refractivity contribution in [3.05, 3.63) is 54.2 Å². The van der Waals surface area contributed by atoms with Gasteiger partial charge in [0.1, 0.15) is 11.3 Å². The lowest BCUT2D eigenvalue weighted by atomic mass is 10.1. The van der Waals surface area contributed by atoms with E-state index in [-0.39, 0.29) is 0 Å². The minimum absolute atomic E-state index is 0.480. The number of pyridine rings is 2. The lowest BCUT2D eigenvalue weighted by molar-refractivity contribution is 0.321. The molecule has 0 amide bonds. The summed E-state index contributed by atoms with van der Waals surface area (Å²) in [6.45, 7) is 6.14. The van der Waals surface area contributed by atoms with E-state index in [1.165, 1.54) is 5.82 Å². The predicted molar refractivity (Wildman–Crippen MR) is 90.1 cm³/mol. The van der Waals surface area contributed by atoms with Crippen LogP contribution >= 0.6 is 0 Å². The Balaban J connectivity index is 1.56. The number of aryl methyl sites for hydroxylation is 1. The summed E-state index contributed by atoms with van der Waals surface area (Å²) in [5.41, 5.74) is 3.15. The summed E-state index contributed by atoms with van der Waals surface area (Å²) in [4.78, 5) is 16.3. The zero-order valence-electron chi connectivity index (χ0n) is 13.4. The second-order valence-corrected chi connectivity index (χ2v) is 6.10. The van der Waals surface area contributed by atoms with Crippen molar-refractivity contribution in [1.29, 1.82) is 0 Å². The van der Waals surface area contributed by atoms with Crippen LogP contribution < -0.4 is 0 Å². The largest absolute Gasteiger partial charge is 0.313 e. The Morgan fingerprint density at radius 3 is 2.87 bits per heavy atom. The number of rotatable bonds is 4. The van der Waals surface area contributed by atoms with Crippen molar-refractivity contribution in [3.63, 3.8) is 0 Å². The first kappa shape index (κ1) is 14.3. The third kappa shape index (κ3) is 2.72. The predicted octanol–water partition coefficient (Wildman–Crippen LogP) is 2.84. The maximum atomic E-state index is 4.87. The van der Waals surface area contributed by atoms with Crippen LogP contribution in [0.3, 0.4) is 0 Å². The highest BCUT2D eigenvalue weighted by molar-refractivity contribution is 5.71. The van der Waals surface area contributed by atoms with Crippen LogP contribution in [0.25, 0.3) is 11.2 Å². The van der Waals surface area contributed by atoms with Crippen LogP contribution in [-0.4, -0.2) is 37.5 Å². The van der Waals surface area contributed by atoms with Crippen molar-refractivity contribution in [3.8, 4) is 0 Å². The molecule has 0 aliphatic carbocycles. The molecule has 0 bridgehead atoms. The van der Waals surface area contributed by atoms with Gasteiger partial charge in [-0.15, -0.1) is 0 Å². The highest BCUT2D eigenvalue weighted by Gasteiger charge is 2.28. The lowest BCUT2D eigenvalue weighted by Crippen LogP contribution is -2.21. The number of aromatic nitrogens is 4. The van der Waals surface area contributed by atoms with Crippen LogP contribution in [0.4, 0.5) is 0 Å². The van der Waals surface area contributed by atoms with Gasteiger partial charge in [-0.05, 0) is 44.2 Å². The fraction of sp³-hybridized carbons (Fsp3) is 0.389. The van der Waals surface area contributed by atoms with Crippen LogP contribution in [0.2, 0.25) is 0 Å². The smallest absolute Gasteiger partial charge is 0.159 e. The Morgan fingerprint density at radius 2 is 2.04 bits per heavy atom. The summed E-state index contributed by atoms with van der Waals surface area (Å²) >= 11 is 0. The molecule has 1 aliphatic rings. The molecule has 5 nitrogen and oxygen atoms in total. The molecule has 3 aromatic heterocycles. The van der Waals surface area contributed by atoms with Gasteiger partial charge in [0.05, 0.1) is 5.69 Å². The van der Waals surface area contributed by atoms with E-state index in [0.29, 0.717) is 5.92 Å². The van der Waals surface area contributed by atoms with Crippen LogP contribution in [0.1, 0.15) is 30.8 Å². The van der Waals surface area contributed by atoms with E-state index in [1.807, 2.05) is 24.5 Å². The number of nitrogens with zero attached hydrogens (tertiary/aromatic N) is 5. The van der Waals surface area contributed by atoms with E-state index < -0.39 is 0 Å². The highest BCUT2D eigenvalue weighted by Crippen LogP contribution is 2.29. The van der Waals surface area contributed by atoms with Gasteiger partial charge in [0, 0.05) is 37.9 Å². The average Bonchev–Trinajstić information content (AvgIpc) is 3.19.